The molecule has 9 heteroatoms. The fourth-order valence-corrected chi connectivity index (χ4v) is 1.92. The van der Waals surface area contributed by atoms with Gasteiger partial charge in [0, 0.05) is 24.8 Å². The third kappa shape index (κ3) is 5.10. The zero-order valence-electron chi connectivity index (χ0n) is 10.7. The number of nitrogens with two attached hydrogens (primary N) is 1. The van der Waals surface area contributed by atoms with Crippen LogP contribution in [0.15, 0.2) is 12.1 Å². The first-order valence-corrected chi connectivity index (χ1v) is 7.57. The molecule has 112 valence electrons. The van der Waals surface area contributed by atoms with Gasteiger partial charge >= 0.3 is 0 Å². The number of amides is 1. The molecule has 1 aromatic carbocycles. The van der Waals surface area contributed by atoms with Crippen LogP contribution in [0.3, 0.4) is 0 Å². The maximum absolute atomic E-state index is 13.0. The summed E-state index contributed by atoms with van der Waals surface area (Å²) in [6.07, 6.45) is 1.37. The van der Waals surface area contributed by atoms with E-state index in [0.717, 1.165) is 18.4 Å². The van der Waals surface area contributed by atoms with Crippen molar-refractivity contribution in [2.45, 2.75) is 6.42 Å². The van der Waals surface area contributed by atoms with E-state index >= 15 is 0 Å². The number of halogens is 2. The van der Waals surface area contributed by atoms with Crippen LogP contribution < -0.4 is 15.8 Å². The molecule has 0 spiro atoms. The summed E-state index contributed by atoms with van der Waals surface area (Å²) < 4.78 is 49.6. The number of anilines is 1. The van der Waals surface area contributed by atoms with Gasteiger partial charge in [-0.3, -0.25) is 4.79 Å². The third-order valence-electron chi connectivity index (χ3n) is 2.34. The number of nitrogens with one attached hydrogen (secondary N) is 2. The molecule has 0 atom stereocenters. The van der Waals surface area contributed by atoms with Crippen LogP contribution in [0.25, 0.3) is 0 Å². The van der Waals surface area contributed by atoms with Gasteiger partial charge in [0.05, 0.1) is 11.8 Å². The molecule has 4 N–H and O–H groups in total. The van der Waals surface area contributed by atoms with Crippen molar-refractivity contribution >= 4 is 21.6 Å². The molecular formula is C11H15F2N3O3S. The van der Waals surface area contributed by atoms with E-state index in [1.165, 1.54) is 0 Å². The monoisotopic (exact) mass is 307 g/mol. The van der Waals surface area contributed by atoms with E-state index in [1.54, 1.807) is 0 Å². The van der Waals surface area contributed by atoms with Gasteiger partial charge in [-0.05, 0) is 12.5 Å². The van der Waals surface area contributed by atoms with Gasteiger partial charge in [-0.1, -0.05) is 0 Å². The molecule has 0 heterocycles. The fourth-order valence-electron chi connectivity index (χ4n) is 1.40. The van der Waals surface area contributed by atoms with Crippen molar-refractivity contribution in [3.05, 3.63) is 29.3 Å². The van der Waals surface area contributed by atoms with E-state index in [2.05, 4.69) is 10.0 Å². The summed E-state index contributed by atoms with van der Waals surface area (Å²) in [6.45, 7) is 0.326. The molecule has 0 aromatic heterocycles. The molecule has 0 aliphatic carbocycles. The minimum Gasteiger partial charge on any atom is -0.398 e. The van der Waals surface area contributed by atoms with Crippen LogP contribution in [0.4, 0.5) is 14.5 Å². The summed E-state index contributed by atoms with van der Waals surface area (Å²) in [7, 11) is -3.27. The largest absolute Gasteiger partial charge is 0.398 e. The standard InChI is InChI=1S/C11H15F2N3O3S/c1-20(18,19)16-4-2-3-15-11(17)7-5-8(12)9(13)6-10(7)14/h5-6,16H,2-4,14H2,1H3,(H,15,17). The number of carbonyl (C=O) groups is 1. The van der Waals surface area contributed by atoms with Crippen molar-refractivity contribution in [1.82, 2.24) is 10.0 Å². The summed E-state index contributed by atoms with van der Waals surface area (Å²) in [5, 5.41) is 2.43. The molecular weight excluding hydrogens is 292 g/mol. The van der Waals surface area contributed by atoms with Gasteiger partial charge in [0.1, 0.15) is 0 Å². The molecule has 20 heavy (non-hydrogen) atoms. The molecule has 0 aliphatic heterocycles. The molecule has 0 fully saturated rings. The van der Waals surface area contributed by atoms with E-state index in [-0.39, 0.29) is 24.3 Å². The highest BCUT2D eigenvalue weighted by Gasteiger charge is 2.13. The second kappa shape index (κ2) is 6.62. The number of rotatable bonds is 6. The Bertz CT molecular complexity index is 605. The zero-order valence-corrected chi connectivity index (χ0v) is 11.6. The van der Waals surface area contributed by atoms with E-state index in [9.17, 15) is 22.0 Å². The Balaban J connectivity index is 2.50. The topological polar surface area (TPSA) is 101 Å². The van der Waals surface area contributed by atoms with Crippen molar-refractivity contribution in [3.8, 4) is 0 Å². The fraction of sp³-hybridized carbons (Fsp3) is 0.364. The van der Waals surface area contributed by atoms with Crippen molar-refractivity contribution < 1.29 is 22.0 Å². The van der Waals surface area contributed by atoms with Crippen LogP contribution in [-0.2, 0) is 10.0 Å². The Morgan fingerprint density at radius 1 is 1.25 bits per heavy atom. The summed E-state index contributed by atoms with van der Waals surface area (Å²) >= 11 is 0. The minimum absolute atomic E-state index is 0.159. The van der Waals surface area contributed by atoms with Crippen molar-refractivity contribution in [3.63, 3.8) is 0 Å². The molecule has 0 bridgehead atoms. The van der Waals surface area contributed by atoms with E-state index in [1.807, 2.05) is 0 Å². The second-order valence-electron chi connectivity index (χ2n) is 4.13. The van der Waals surface area contributed by atoms with Gasteiger partial charge in [-0.2, -0.15) is 0 Å². The van der Waals surface area contributed by atoms with Gasteiger partial charge in [-0.25, -0.2) is 21.9 Å². The molecule has 1 rings (SSSR count). The number of hydrogen-bond donors (Lipinski definition) is 3. The quantitative estimate of drug-likeness (QED) is 0.517. The zero-order chi connectivity index (χ0) is 15.3. The maximum atomic E-state index is 13.0. The highest BCUT2D eigenvalue weighted by molar-refractivity contribution is 7.88. The smallest absolute Gasteiger partial charge is 0.253 e. The average Bonchev–Trinajstić information content (AvgIpc) is 2.31. The molecule has 1 aromatic rings. The van der Waals surface area contributed by atoms with Gasteiger partial charge in [0.2, 0.25) is 10.0 Å². The van der Waals surface area contributed by atoms with Gasteiger partial charge in [-0.15, -0.1) is 0 Å². The number of carbonyl (C=O) groups excluding carboxylic acids is 1. The third-order valence-corrected chi connectivity index (χ3v) is 3.07. The maximum Gasteiger partial charge on any atom is 0.253 e. The molecule has 0 unspecified atom stereocenters. The Morgan fingerprint density at radius 2 is 1.85 bits per heavy atom. The van der Waals surface area contributed by atoms with Crippen molar-refractivity contribution in [1.29, 1.82) is 0 Å². The Labute approximate surface area is 115 Å². The highest BCUT2D eigenvalue weighted by atomic mass is 32.2. The number of nitrogen functional groups attached to an aromatic ring is 1. The van der Waals surface area contributed by atoms with Crippen LogP contribution >= 0.6 is 0 Å². The van der Waals surface area contributed by atoms with Gasteiger partial charge < -0.3 is 11.1 Å². The summed E-state index contributed by atoms with van der Waals surface area (Å²) in [6, 6.07) is 1.45. The predicted molar refractivity (Wildman–Crippen MR) is 70.6 cm³/mol. The van der Waals surface area contributed by atoms with Crippen molar-refractivity contribution in [2.24, 2.45) is 0 Å². The Morgan fingerprint density at radius 3 is 2.45 bits per heavy atom. The first kappa shape index (κ1) is 16.3. The van der Waals surface area contributed by atoms with E-state index in [0.29, 0.717) is 6.42 Å². The average molecular weight is 307 g/mol. The normalized spacial score (nSPS) is 11.3. The van der Waals surface area contributed by atoms with Gasteiger partial charge in [0.25, 0.3) is 5.91 Å². The number of sulfonamides is 1. The highest BCUT2D eigenvalue weighted by Crippen LogP contribution is 2.16. The molecule has 0 aliphatic rings. The van der Waals surface area contributed by atoms with E-state index in [4.69, 9.17) is 5.73 Å². The lowest BCUT2D eigenvalue weighted by Gasteiger charge is -2.08. The molecule has 0 saturated carbocycles. The Kier molecular flexibility index (Phi) is 5.40. The first-order chi connectivity index (χ1) is 9.20. The number of hydrogen-bond acceptors (Lipinski definition) is 4. The predicted octanol–water partition coefficient (Wildman–Crippen LogP) is 0.216. The molecule has 6 nitrogen and oxygen atoms in total. The second-order valence-corrected chi connectivity index (χ2v) is 5.96. The van der Waals surface area contributed by atoms with Crippen molar-refractivity contribution in [2.75, 3.05) is 25.1 Å². The lowest BCUT2D eigenvalue weighted by atomic mass is 10.1. The van der Waals surface area contributed by atoms with Crippen LogP contribution in [0.5, 0.6) is 0 Å². The molecule has 1 amide bonds. The Hall–Kier alpha value is -1.74. The summed E-state index contributed by atoms with van der Waals surface area (Å²) in [4.78, 5) is 11.7. The number of benzene rings is 1. The van der Waals surface area contributed by atoms with Crippen LogP contribution in [0.1, 0.15) is 16.8 Å². The molecule has 0 radical (unpaired) electrons. The van der Waals surface area contributed by atoms with Crippen LogP contribution in [0, 0.1) is 11.6 Å². The lowest BCUT2D eigenvalue weighted by molar-refractivity contribution is 0.0954. The SMILES string of the molecule is CS(=O)(=O)NCCCNC(=O)c1cc(F)c(F)cc1N. The summed E-state index contributed by atoms with van der Waals surface area (Å²) in [5.74, 6) is -2.94. The van der Waals surface area contributed by atoms with Crippen LogP contribution in [-0.4, -0.2) is 33.7 Å². The van der Waals surface area contributed by atoms with E-state index < -0.39 is 27.6 Å². The summed E-state index contributed by atoms with van der Waals surface area (Å²) in [5.41, 5.74) is 5.08. The van der Waals surface area contributed by atoms with Gasteiger partial charge in [0.15, 0.2) is 11.6 Å². The van der Waals surface area contributed by atoms with Crippen LogP contribution in [0.2, 0.25) is 0 Å². The molecule has 0 saturated heterocycles. The lowest BCUT2D eigenvalue weighted by Crippen LogP contribution is -2.29. The minimum atomic E-state index is -3.27. The first-order valence-electron chi connectivity index (χ1n) is 5.68.